The van der Waals surface area contributed by atoms with Gasteiger partial charge in [-0.25, -0.2) is 0 Å². The summed E-state index contributed by atoms with van der Waals surface area (Å²) in [6.07, 6.45) is 2.84. The Hall–Kier alpha value is -1.54. The van der Waals surface area contributed by atoms with Crippen LogP contribution in [-0.4, -0.2) is 42.9 Å². The summed E-state index contributed by atoms with van der Waals surface area (Å²) < 4.78 is 5.45. The van der Waals surface area contributed by atoms with E-state index in [-0.39, 0.29) is 29.3 Å². The summed E-state index contributed by atoms with van der Waals surface area (Å²) in [6.45, 7) is 0.574. The van der Waals surface area contributed by atoms with Gasteiger partial charge in [-0.15, -0.1) is 11.8 Å². The summed E-state index contributed by atoms with van der Waals surface area (Å²) in [7, 11) is 1.37. The first-order valence-corrected chi connectivity index (χ1v) is 9.92. The van der Waals surface area contributed by atoms with Crippen molar-refractivity contribution in [1.29, 1.82) is 0 Å². The Labute approximate surface area is 160 Å². The number of esters is 1. The number of halogens is 1. The van der Waals surface area contributed by atoms with Crippen molar-refractivity contribution in [2.75, 3.05) is 30.5 Å². The number of methoxy groups -OCH3 is 1. The van der Waals surface area contributed by atoms with E-state index in [9.17, 15) is 14.4 Å². The predicted octanol–water partition coefficient (Wildman–Crippen LogP) is 2.97. The van der Waals surface area contributed by atoms with Gasteiger partial charge in [0.2, 0.25) is 11.8 Å². The SMILES string of the molecule is COC(=O)CCCCCNC(=O)CSCC(=O)Nc1cccc(Br)c1. The van der Waals surface area contributed by atoms with E-state index in [2.05, 4.69) is 31.3 Å². The number of nitrogens with one attached hydrogen (secondary N) is 2. The van der Waals surface area contributed by atoms with Gasteiger partial charge in [-0.1, -0.05) is 28.4 Å². The lowest BCUT2D eigenvalue weighted by Gasteiger charge is -2.06. The van der Waals surface area contributed by atoms with Gasteiger partial charge in [0.1, 0.15) is 0 Å². The zero-order valence-corrected chi connectivity index (χ0v) is 16.6. The molecule has 0 heterocycles. The molecule has 0 aromatic heterocycles. The molecule has 6 nitrogen and oxygen atoms in total. The lowest BCUT2D eigenvalue weighted by atomic mass is 10.2. The molecule has 0 fully saturated rings. The summed E-state index contributed by atoms with van der Waals surface area (Å²) in [5, 5.41) is 5.58. The third-order valence-corrected chi connectivity index (χ3v) is 4.61. The van der Waals surface area contributed by atoms with Gasteiger partial charge in [-0.3, -0.25) is 14.4 Å². The summed E-state index contributed by atoms with van der Waals surface area (Å²) >= 11 is 4.61. The van der Waals surface area contributed by atoms with Crippen molar-refractivity contribution in [3.63, 3.8) is 0 Å². The smallest absolute Gasteiger partial charge is 0.305 e. The fourth-order valence-electron chi connectivity index (χ4n) is 1.95. The molecule has 138 valence electrons. The largest absolute Gasteiger partial charge is 0.469 e. The van der Waals surface area contributed by atoms with Crippen molar-refractivity contribution >= 4 is 51.2 Å². The van der Waals surface area contributed by atoms with Gasteiger partial charge >= 0.3 is 5.97 Å². The maximum absolute atomic E-state index is 11.8. The van der Waals surface area contributed by atoms with Crippen molar-refractivity contribution in [3.05, 3.63) is 28.7 Å². The lowest BCUT2D eigenvalue weighted by molar-refractivity contribution is -0.140. The second-order valence-electron chi connectivity index (χ2n) is 5.29. The predicted molar refractivity (Wildman–Crippen MR) is 104 cm³/mol. The molecule has 0 atom stereocenters. The number of amides is 2. The molecule has 1 aromatic rings. The number of benzene rings is 1. The van der Waals surface area contributed by atoms with Crippen LogP contribution >= 0.6 is 27.7 Å². The molecular weight excluding hydrogens is 408 g/mol. The van der Waals surface area contributed by atoms with E-state index < -0.39 is 0 Å². The number of anilines is 1. The highest BCUT2D eigenvalue weighted by molar-refractivity contribution is 9.10. The van der Waals surface area contributed by atoms with Gasteiger partial charge in [-0.05, 0) is 31.0 Å². The summed E-state index contributed by atoms with van der Waals surface area (Å²) in [4.78, 5) is 34.4. The first-order valence-electron chi connectivity index (χ1n) is 7.98. The summed E-state index contributed by atoms with van der Waals surface area (Å²) in [6, 6.07) is 7.34. The average Bonchev–Trinajstić information content (AvgIpc) is 2.57. The Morgan fingerprint density at radius 1 is 1.12 bits per heavy atom. The molecule has 8 heteroatoms. The van der Waals surface area contributed by atoms with Crippen LogP contribution in [0.4, 0.5) is 5.69 Å². The Bertz CT molecular complexity index is 584. The number of ether oxygens (including phenoxy) is 1. The number of carbonyl (C=O) groups is 3. The van der Waals surface area contributed by atoms with Crippen LogP contribution in [0.5, 0.6) is 0 Å². The first kappa shape index (κ1) is 21.5. The maximum atomic E-state index is 11.8. The number of unbranched alkanes of at least 4 members (excludes halogenated alkanes) is 2. The molecular formula is C17H23BrN2O4S. The van der Waals surface area contributed by atoms with Crippen molar-refractivity contribution in [2.24, 2.45) is 0 Å². The highest BCUT2D eigenvalue weighted by Crippen LogP contribution is 2.15. The molecule has 0 unspecified atom stereocenters. The van der Waals surface area contributed by atoms with Crippen LogP contribution in [0.25, 0.3) is 0 Å². The molecule has 0 aliphatic rings. The van der Waals surface area contributed by atoms with Crippen LogP contribution in [0, 0.1) is 0 Å². The monoisotopic (exact) mass is 430 g/mol. The second kappa shape index (κ2) is 12.8. The van der Waals surface area contributed by atoms with Crippen molar-refractivity contribution in [2.45, 2.75) is 25.7 Å². The molecule has 1 aromatic carbocycles. The molecule has 2 amide bonds. The average molecular weight is 431 g/mol. The third kappa shape index (κ3) is 10.8. The van der Waals surface area contributed by atoms with E-state index in [0.29, 0.717) is 13.0 Å². The zero-order chi connectivity index (χ0) is 18.5. The van der Waals surface area contributed by atoms with Crippen LogP contribution < -0.4 is 10.6 Å². The van der Waals surface area contributed by atoms with Crippen LogP contribution in [0.2, 0.25) is 0 Å². The molecule has 2 N–H and O–H groups in total. The van der Waals surface area contributed by atoms with E-state index in [1.54, 1.807) is 6.07 Å². The van der Waals surface area contributed by atoms with E-state index in [0.717, 1.165) is 29.4 Å². The highest BCUT2D eigenvalue weighted by Gasteiger charge is 2.06. The Kier molecular flexibility index (Phi) is 11.0. The number of hydrogen-bond donors (Lipinski definition) is 2. The number of hydrogen-bond acceptors (Lipinski definition) is 5. The zero-order valence-electron chi connectivity index (χ0n) is 14.2. The third-order valence-electron chi connectivity index (χ3n) is 3.18. The summed E-state index contributed by atoms with van der Waals surface area (Å²) in [5.41, 5.74) is 0.719. The Morgan fingerprint density at radius 3 is 2.60 bits per heavy atom. The Morgan fingerprint density at radius 2 is 1.88 bits per heavy atom. The molecule has 1 rings (SSSR count). The van der Waals surface area contributed by atoms with E-state index >= 15 is 0 Å². The second-order valence-corrected chi connectivity index (χ2v) is 7.19. The summed E-state index contributed by atoms with van der Waals surface area (Å²) in [5.74, 6) is 0.0288. The minimum Gasteiger partial charge on any atom is -0.469 e. The molecule has 25 heavy (non-hydrogen) atoms. The van der Waals surface area contributed by atoms with Gasteiger partial charge in [0, 0.05) is 23.1 Å². The van der Waals surface area contributed by atoms with Crippen LogP contribution in [0.1, 0.15) is 25.7 Å². The standard InChI is InChI=1S/C17H23BrN2O4S/c1-24-17(23)8-3-2-4-9-19-15(21)11-25-12-16(22)20-14-7-5-6-13(18)10-14/h5-7,10H,2-4,8-9,11-12H2,1H3,(H,19,21)(H,20,22). The van der Waals surface area contributed by atoms with Crippen molar-refractivity contribution < 1.29 is 19.1 Å². The van der Waals surface area contributed by atoms with Gasteiger partial charge in [-0.2, -0.15) is 0 Å². The van der Waals surface area contributed by atoms with E-state index in [4.69, 9.17) is 0 Å². The number of thioether (sulfide) groups is 1. The number of rotatable bonds is 11. The van der Waals surface area contributed by atoms with Gasteiger partial charge < -0.3 is 15.4 Å². The fraction of sp³-hybridized carbons (Fsp3) is 0.471. The molecule has 0 aliphatic heterocycles. The van der Waals surface area contributed by atoms with Crippen LogP contribution in [0.3, 0.4) is 0 Å². The van der Waals surface area contributed by atoms with E-state index in [1.807, 2.05) is 18.2 Å². The maximum Gasteiger partial charge on any atom is 0.305 e. The van der Waals surface area contributed by atoms with Crippen LogP contribution in [-0.2, 0) is 19.1 Å². The topological polar surface area (TPSA) is 84.5 Å². The van der Waals surface area contributed by atoms with E-state index in [1.165, 1.54) is 18.9 Å². The molecule has 0 saturated carbocycles. The lowest BCUT2D eigenvalue weighted by Crippen LogP contribution is -2.27. The van der Waals surface area contributed by atoms with Crippen LogP contribution in [0.15, 0.2) is 28.7 Å². The highest BCUT2D eigenvalue weighted by atomic mass is 79.9. The molecule has 0 aliphatic carbocycles. The van der Waals surface area contributed by atoms with Gasteiger partial charge in [0.05, 0.1) is 18.6 Å². The fourth-order valence-corrected chi connectivity index (χ4v) is 3.00. The quantitative estimate of drug-likeness (QED) is 0.416. The van der Waals surface area contributed by atoms with Crippen molar-refractivity contribution in [1.82, 2.24) is 5.32 Å². The van der Waals surface area contributed by atoms with Gasteiger partial charge in [0.15, 0.2) is 0 Å². The normalized spacial score (nSPS) is 10.2. The molecule has 0 bridgehead atoms. The molecule has 0 spiro atoms. The minimum atomic E-state index is -0.207. The number of carbonyl (C=O) groups excluding carboxylic acids is 3. The van der Waals surface area contributed by atoms with Crippen molar-refractivity contribution in [3.8, 4) is 0 Å². The minimum absolute atomic E-state index is 0.0896. The Balaban J connectivity index is 2.04. The molecule has 0 radical (unpaired) electrons. The first-order chi connectivity index (χ1) is 12.0. The molecule has 0 saturated heterocycles. The van der Waals surface area contributed by atoms with Gasteiger partial charge in [0.25, 0.3) is 0 Å².